The van der Waals surface area contributed by atoms with Gasteiger partial charge in [-0.15, -0.1) is 0 Å². The topological polar surface area (TPSA) is 86.0 Å². The third kappa shape index (κ3) is 3.29. The fourth-order valence-corrected chi connectivity index (χ4v) is 2.46. The summed E-state index contributed by atoms with van der Waals surface area (Å²) < 4.78 is 11.3. The van der Waals surface area contributed by atoms with E-state index in [2.05, 4.69) is 10.3 Å². The number of amidine groups is 1. The van der Waals surface area contributed by atoms with E-state index in [0.717, 1.165) is 30.1 Å². The molecule has 1 aliphatic heterocycles. The molecule has 124 valence electrons. The Kier molecular flexibility index (Phi) is 4.60. The monoisotopic (exact) mass is 327 g/mol. The highest BCUT2D eigenvalue weighted by atomic mass is 16.6. The zero-order valence-electron chi connectivity index (χ0n) is 13.2. The van der Waals surface area contributed by atoms with Crippen molar-refractivity contribution in [2.45, 2.75) is 6.61 Å². The number of hydrogen-bond donors (Lipinski definition) is 1. The van der Waals surface area contributed by atoms with Crippen molar-refractivity contribution >= 4 is 11.5 Å². The number of nitrogens with zero attached hydrogens (tertiary/aromatic N) is 2. The standard InChI is InChI=1S/C17H17N3O4/c1-23-15-4-2-3-14(17-18-9-10-19-17)16(15)24-11-12-5-7-13(8-6-12)20(21)22/h2-8H,9-11H2,1H3,(H,18,19). The van der Waals surface area contributed by atoms with Gasteiger partial charge in [-0.1, -0.05) is 6.07 Å². The van der Waals surface area contributed by atoms with Crippen LogP contribution in [0.3, 0.4) is 0 Å². The van der Waals surface area contributed by atoms with Crippen LogP contribution < -0.4 is 14.8 Å². The number of aliphatic imine (C=N–C) groups is 1. The Morgan fingerprint density at radius 2 is 2.04 bits per heavy atom. The lowest BCUT2D eigenvalue weighted by Crippen LogP contribution is -2.20. The van der Waals surface area contributed by atoms with Crippen molar-refractivity contribution < 1.29 is 14.4 Å². The second-order valence-electron chi connectivity index (χ2n) is 5.21. The second kappa shape index (κ2) is 6.99. The minimum Gasteiger partial charge on any atom is -0.493 e. The molecular weight excluding hydrogens is 310 g/mol. The summed E-state index contributed by atoms with van der Waals surface area (Å²) in [6.45, 7) is 1.81. The highest BCUT2D eigenvalue weighted by Crippen LogP contribution is 2.32. The van der Waals surface area contributed by atoms with Crippen molar-refractivity contribution in [1.82, 2.24) is 5.32 Å². The van der Waals surface area contributed by atoms with Gasteiger partial charge in [0.05, 0.1) is 24.1 Å². The van der Waals surface area contributed by atoms with Gasteiger partial charge < -0.3 is 14.8 Å². The summed E-state index contributed by atoms with van der Waals surface area (Å²) in [7, 11) is 1.59. The van der Waals surface area contributed by atoms with E-state index in [4.69, 9.17) is 9.47 Å². The fraction of sp³-hybridized carbons (Fsp3) is 0.235. The summed E-state index contributed by atoms with van der Waals surface area (Å²) in [6, 6.07) is 11.9. The van der Waals surface area contributed by atoms with E-state index in [0.29, 0.717) is 11.5 Å². The number of methoxy groups -OCH3 is 1. The first kappa shape index (κ1) is 15.8. The molecule has 0 bridgehead atoms. The molecule has 1 aliphatic rings. The Bertz CT molecular complexity index is 772. The van der Waals surface area contributed by atoms with Crippen molar-refractivity contribution in [3.8, 4) is 11.5 Å². The summed E-state index contributed by atoms with van der Waals surface area (Å²) in [5.74, 6) is 2.00. The highest BCUT2D eigenvalue weighted by molar-refractivity contribution is 6.02. The van der Waals surface area contributed by atoms with Gasteiger partial charge in [-0.3, -0.25) is 15.1 Å². The van der Waals surface area contributed by atoms with Gasteiger partial charge in [0.2, 0.25) is 0 Å². The van der Waals surface area contributed by atoms with Crippen molar-refractivity contribution in [2.24, 2.45) is 4.99 Å². The van der Waals surface area contributed by atoms with Crippen LogP contribution in [-0.4, -0.2) is 31.0 Å². The van der Waals surface area contributed by atoms with E-state index >= 15 is 0 Å². The molecule has 1 heterocycles. The van der Waals surface area contributed by atoms with E-state index in [9.17, 15) is 10.1 Å². The van der Waals surface area contributed by atoms with Crippen molar-refractivity contribution in [3.05, 3.63) is 63.7 Å². The maximum atomic E-state index is 10.7. The molecule has 2 aromatic rings. The summed E-state index contributed by atoms with van der Waals surface area (Å²) >= 11 is 0. The van der Waals surface area contributed by atoms with Crippen LogP contribution in [0, 0.1) is 10.1 Å². The van der Waals surface area contributed by atoms with E-state index in [1.807, 2.05) is 18.2 Å². The van der Waals surface area contributed by atoms with E-state index in [1.165, 1.54) is 12.1 Å². The molecular formula is C17H17N3O4. The molecule has 0 unspecified atom stereocenters. The predicted octanol–water partition coefficient (Wildman–Crippen LogP) is 2.53. The van der Waals surface area contributed by atoms with Gasteiger partial charge in [0, 0.05) is 18.7 Å². The molecule has 7 heteroatoms. The maximum absolute atomic E-state index is 10.7. The molecule has 0 atom stereocenters. The quantitative estimate of drug-likeness (QED) is 0.651. The van der Waals surface area contributed by atoms with Crippen molar-refractivity contribution in [1.29, 1.82) is 0 Å². The third-order valence-corrected chi connectivity index (χ3v) is 3.66. The molecule has 7 nitrogen and oxygen atoms in total. The molecule has 3 rings (SSSR count). The first-order valence-electron chi connectivity index (χ1n) is 7.51. The molecule has 0 amide bonds. The normalized spacial score (nSPS) is 13.1. The van der Waals surface area contributed by atoms with Crippen LogP contribution in [0.4, 0.5) is 5.69 Å². The SMILES string of the molecule is COc1cccc(C2=NCCN2)c1OCc1ccc([N+](=O)[O-])cc1. The molecule has 24 heavy (non-hydrogen) atoms. The molecule has 0 aromatic heterocycles. The van der Waals surface area contributed by atoms with Crippen LogP contribution in [0.15, 0.2) is 47.5 Å². The summed E-state index contributed by atoms with van der Waals surface area (Å²) in [5.41, 5.74) is 1.73. The second-order valence-corrected chi connectivity index (χ2v) is 5.21. The Labute approximate surface area is 139 Å². The summed E-state index contributed by atoms with van der Waals surface area (Å²) in [6.07, 6.45) is 0. The smallest absolute Gasteiger partial charge is 0.269 e. The first-order chi connectivity index (χ1) is 11.7. The maximum Gasteiger partial charge on any atom is 0.269 e. The van der Waals surface area contributed by atoms with Crippen LogP contribution in [0.5, 0.6) is 11.5 Å². The van der Waals surface area contributed by atoms with E-state index in [1.54, 1.807) is 19.2 Å². The molecule has 0 radical (unpaired) electrons. The van der Waals surface area contributed by atoms with Gasteiger partial charge in [0.15, 0.2) is 11.5 Å². The van der Waals surface area contributed by atoms with Crippen LogP contribution in [-0.2, 0) is 6.61 Å². The number of nitro groups is 1. The number of nitro benzene ring substituents is 1. The third-order valence-electron chi connectivity index (χ3n) is 3.66. The lowest BCUT2D eigenvalue weighted by Gasteiger charge is -2.15. The fourth-order valence-electron chi connectivity index (χ4n) is 2.46. The van der Waals surface area contributed by atoms with Crippen LogP contribution in [0.1, 0.15) is 11.1 Å². The number of non-ortho nitro benzene ring substituents is 1. The van der Waals surface area contributed by atoms with Gasteiger partial charge in [0.1, 0.15) is 12.4 Å². The van der Waals surface area contributed by atoms with Gasteiger partial charge in [0.25, 0.3) is 5.69 Å². The minimum atomic E-state index is -0.424. The van der Waals surface area contributed by atoms with Crippen molar-refractivity contribution in [2.75, 3.05) is 20.2 Å². The molecule has 0 aliphatic carbocycles. The molecule has 1 N–H and O–H groups in total. The number of rotatable bonds is 6. The number of benzene rings is 2. The first-order valence-corrected chi connectivity index (χ1v) is 7.51. The molecule has 0 spiro atoms. The minimum absolute atomic E-state index is 0.0567. The lowest BCUT2D eigenvalue weighted by molar-refractivity contribution is -0.384. The summed E-state index contributed by atoms with van der Waals surface area (Å²) in [5, 5.41) is 13.9. The zero-order chi connectivity index (χ0) is 16.9. The number of hydrogen-bond acceptors (Lipinski definition) is 6. The number of para-hydroxylation sites is 1. The lowest BCUT2D eigenvalue weighted by atomic mass is 10.1. The molecule has 2 aromatic carbocycles. The van der Waals surface area contributed by atoms with Crippen LogP contribution in [0.2, 0.25) is 0 Å². The van der Waals surface area contributed by atoms with Gasteiger partial charge in [-0.05, 0) is 29.8 Å². The van der Waals surface area contributed by atoms with Crippen LogP contribution >= 0.6 is 0 Å². The van der Waals surface area contributed by atoms with Gasteiger partial charge in [-0.25, -0.2) is 0 Å². The Morgan fingerprint density at radius 1 is 1.25 bits per heavy atom. The van der Waals surface area contributed by atoms with E-state index in [-0.39, 0.29) is 12.3 Å². The van der Waals surface area contributed by atoms with Crippen molar-refractivity contribution in [3.63, 3.8) is 0 Å². The average Bonchev–Trinajstić information content (AvgIpc) is 3.14. The molecule has 0 fully saturated rings. The highest BCUT2D eigenvalue weighted by Gasteiger charge is 2.17. The van der Waals surface area contributed by atoms with E-state index < -0.39 is 4.92 Å². The number of ether oxygens (including phenoxy) is 2. The predicted molar refractivity (Wildman–Crippen MR) is 89.8 cm³/mol. The van der Waals surface area contributed by atoms with Gasteiger partial charge >= 0.3 is 0 Å². The zero-order valence-corrected chi connectivity index (χ0v) is 13.2. The number of nitrogens with one attached hydrogen (secondary N) is 1. The average molecular weight is 327 g/mol. The summed E-state index contributed by atoms with van der Waals surface area (Å²) in [4.78, 5) is 14.7. The Morgan fingerprint density at radius 3 is 2.67 bits per heavy atom. The Hall–Kier alpha value is -3.09. The van der Waals surface area contributed by atoms with Crippen LogP contribution in [0.25, 0.3) is 0 Å². The van der Waals surface area contributed by atoms with Gasteiger partial charge in [-0.2, -0.15) is 0 Å². The molecule has 0 saturated heterocycles. The largest absolute Gasteiger partial charge is 0.493 e. The molecule has 0 saturated carbocycles. The Balaban J connectivity index is 1.82.